The van der Waals surface area contributed by atoms with Gasteiger partial charge in [-0.25, -0.2) is 4.98 Å². The van der Waals surface area contributed by atoms with Crippen LogP contribution < -0.4 is 4.74 Å². The van der Waals surface area contributed by atoms with Crippen molar-refractivity contribution >= 4 is 5.71 Å². The van der Waals surface area contributed by atoms with Gasteiger partial charge in [-0.3, -0.25) is 0 Å². The lowest BCUT2D eigenvalue weighted by Crippen LogP contribution is -2.36. The van der Waals surface area contributed by atoms with Gasteiger partial charge in [0.05, 0.1) is 11.3 Å². The Bertz CT molecular complexity index is 385. The molecular weight excluding hydrogens is 180 g/mol. The lowest BCUT2D eigenvalue weighted by atomic mass is 9.94. The summed E-state index contributed by atoms with van der Waals surface area (Å²) in [5, 5.41) is 12.2. The Morgan fingerprint density at radius 3 is 3.07 bits per heavy atom. The van der Waals surface area contributed by atoms with Crippen molar-refractivity contribution in [3.05, 3.63) is 23.9 Å². The normalized spacial score (nSPS) is 21.4. The predicted molar refractivity (Wildman–Crippen MR) is 51.9 cm³/mol. The van der Waals surface area contributed by atoms with E-state index in [9.17, 15) is 0 Å². The van der Waals surface area contributed by atoms with E-state index in [4.69, 9.17) is 9.94 Å². The number of pyridine rings is 1. The fourth-order valence-electron chi connectivity index (χ4n) is 1.58. The third kappa shape index (κ3) is 1.43. The van der Waals surface area contributed by atoms with Crippen LogP contribution in [0.4, 0.5) is 0 Å². The van der Waals surface area contributed by atoms with Gasteiger partial charge in [0.15, 0.2) is 0 Å². The maximum absolute atomic E-state index is 8.87. The molecule has 0 fully saturated rings. The molecule has 2 rings (SSSR count). The smallest absolute Gasteiger partial charge is 0.223 e. The van der Waals surface area contributed by atoms with Gasteiger partial charge in [-0.15, -0.1) is 0 Å². The molecule has 4 nitrogen and oxygen atoms in total. The molecule has 0 aromatic carbocycles. The molecule has 0 bridgehead atoms. The van der Waals surface area contributed by atoms with Gasteiger partial charge in [0, 0.05) is 12.6 Å². The van der Waals surface area contributed by atoms with Gasteiger partial charge in [-0.1, -0.05) is 5.16 Å². The van der Waals surface area contributed by atoms with E-state index < -0.39 is 0 Å². The van der Waals surface area contributed by atoms with E-state index in [1.807, 2.05) is 19.9 Å². The van der Waals surface area contributed by atoms with E-state index in [2.05, 4.69) is 10.1 Å². The summed E-state index contributed by atoms with van der Waals surface area (Å²) in [6.07, 6.45) is 2.25. The fourth-order valence-corrected chi connectivity index (χ4v) is 1.58. The molecule has 1 aromatic heterocycles. The molecule has 0 atom stereocenters. The summed E-state index contributed by atoms with van der Waals surface area (Å²) < 4.78 is 5.65. The predicted octanol–water partition coefficient (Wildman–Crippen LogP) is 1.82. The maximum atomic E-state index is 8.87. The zero-order valence-electron chi connectivity index (χ0n) is 8.19. The highest BCUT2D eigenvalue weighted by Gasteiger charge is 2.32. The first kappa shape index (κ1) is 8.99. The highest BCUT2D eigenvalue weighted by Crippen LogP contribution is 2.30. The highest BCUT2D eigenvalue weighted by atomic mass is 16.5. The van der Waals surface area contributed by atoms with Crippen molar-refractivity contribution in [1.29, 1.82) is 0 Å². The van der Waals surface area contributed by atoms with Crippen LogP contribution in [0.3, 0.4) is 0 Å². The van der Waals surface area contributed by atoms with Crippen molar-refractivity contribution in [1.82, 2.24) is 4.98 Å². The summed E-state index contributed by atoms with van der Waals surface area (Å²) in [6.45, 7) is 3.88. The van der Waals surface area contributed by atoms with Crippen LogP contribution in [0.15, 0.2) is 23.5 Å². The molecule has 1 aliphatic rings. The van der Waals surface area contributed by atoms with Crippen molar-refractivity contribution < 1.29 is 9.94 Å². The molecule has 14 heavy (non-hydrogen) atoms. The average molecular weight is 192 g/mol. The Morgan fingerprint density at radius 2 is 2.36 bits per heavy atom. The van der Waals surface area contributed by atoms with Gasteiger partial charge in [0.25, 0.3) is 0 Å². The number of oxime groups is 1. The largest absolute Gasteiger partial charge is 0.471 e. The number of hydrogen-bond acceptors (Lipinski definition) is 4. The van der Waals surface area contributed by atoms with Crippen molar-refractivity contribution in [2.24, 2.45) is 5.16 Å². The van der Waals surface area contributed by atoms with Gasteiger partial charge >= 0.3 is 0 Å². The van der Waals surface area contributed by atoms with E-state index in [0.717, 1.165) is 5.56 Å². The number of rotatable bonds is 0. The topological polar surface area (TPSA) is 54.7 Å². The number of aromatic nitrogens is 1. The van der Waals surface area contributed by atoms with Crippen molar-refractivity contribution in [3.8, 4) is 5.88 Å². The molecule has 1 aromatic rings. The summed E-state index contributed by atoms with van der Waals surface area (Å²) in [4.78, 5) is 4.10. The molecule has 0 amide bonds. The average Bonchev–Trinajstić information content (AvgIpc) is 2.15. The molecule has 0 aliphatic carbocycles. The molecular formula is C10H12N2O2. The second-order valence-electron chi connectivity index (χ2n) is 3.94. The molecule has 0 saturated carbocycles. The lowest BCUT2D eigenvalue weighted by molar-refractivity contribution is 0.103. The number of ether oxygens (including phenoxy) is 1. The van der Waals surface area contributed by atoms with E-state index in [0.29, 0.717) is 18.0 Å². The van der Waals surface area contributed by atoms with Crippen LogP contribution in [0.1, 0.15) is 25.8 Å². The van der Waals surface area contributed by atoms with E-state index in [-0.39, 0.29) is 5.60 Å². The van der Waals surface area contributed by atoms with Crippen molar-refractivity contribution in [2.75, 3.05) is 0 Å². The second-order valence-corrected chi connectivity index (χ2v) is 3.94. The van der Waals surface area contributed by atoms with E-state index >= 15 is 0 Å². The minimum atomic E-state index is -0.358. The zero-order chi connectivity index (χ0) is 10.2. The number of fused-ring (bicyclic) bond motifs is 1. The standard InChI is InChI=1S/C10H12N2O2/c1-10(2)6-8(12-13)7-4-3-5-11-9(7)14-10/h3-5,13H,6H2,1-2H3/b12-8-. The fraction of sp³-hybridized carbons (Fsp3) is 0.400. The monoisotopic (exact) mass is 192 g/mol. The van der Waals surface area contributed by atoms with E-state index in [1.54, 1.807) is 12.3 Å². The minimum absolute atomic E-state index is 0.358. The molecule has 1 aliphatic heterocycles. The number of hydrogen-bond donors (Lipinski definition) is 1. The third-order valence-corrected chi connectivity index (χ3v) is 2.17. The van der Waals surface area contributed by atoms with Gasteiger partial charge in [0.2, 0.25) is 5.88 Å². The molecule has 0 unspecified atom stereocenters. The Kier molecular flexibility index (Phi) is 1.91. The van der Waals surface area contributed by atoms with Crippen molar-refractivity contribution in [2.45, 2.75) is 25.9 Å². The molecule has 0 radical (unpaired) electrons. The van der Waals surface area contributed by atoms with Crippen LogP contribution in [0, 0.1) is 0 Å². The second kappa shape index (κ2) is 2.97. The van der Waals surface area contributed by atoms with Crippen LogP contribution >= 0.6 is 0 Å². The Balaban J connectivity index is 2.52. The summed E-state index contributed by atoms with van der Waals surface area (Å²) >= 11 is 0. The minimum Gasteiger partial charge on any atom is -0.471 e. The van der Waals surface area contributed by atoms with Crippen LogP contribution in [-0.4, -0.2) is 21.5 Å². The summed E-state index contributed by atoms with van der Waals surface area (Å²) in [7, 11) is 0. The van der Waals surface area contributed by atoms with E-state index in [1.165, 1.54) is 0 Å². The number of nitrogens with zero attached hydrogens (tertiary/aromatic N) is 2. The van der Waals surface area contributed by atoms with Gasteiger partial charge in [-0.05, 0) is 26.0 Å². The van der Waals surface area contributed by atoms with Crippen LogP contribution in [0.25, 0.3) is 0 Å². The van der Waals surface area contributed by atoms with Crippen LogP contribution in [-0.2, 0) is 0 Å². The zero-order valence-corrected chi connectivity index (χ0v) is 8.19. The van der Waals surface area contributed by atoms with Crippen LogP contribution in [0.5, 0.6) is 5.88 Å². The molecule has 2 heterocycles. The molecule has 74 valence electrons. The van der Waals surface area contributed by atoms with Gasteiger partial charge in [-0.2, -0.15) is 0 Å². The third-order valence-electron chi connectivity index (χ3n) is 2.17. The summed E-state index contributed by atoms with van der Waals surface area (Å²) in [5.74, 6) is 0.538. The Morgan fingerprint density at radius 1 is 1.57 bits per heavy atom. The SMILES string of the molecule is CC1(C)C/C(=N/O)c2cccnc2O1. The van der Waals surface area contributed by atoms with Crippen molar-refractivity contribution in [3.63, 3.8) is 0 Å². The highest BCUT2D eigenvalue weighted by molar-refractivity contribution is 6.03. The maximum Gasteiger partial charge on any atom is 0.223 e. The summed E-state index contributed by atoms with van der Waals surface area (Å²) in [6, 6.07) is 3.64. The van der Waals surface area contributed by atoms with Gasteiger partial charge < -0.3 is 9.94 Å². The quantitative estimate of drug-likeness (QED) is 0.504. The lowest BCUT2D eigenvalue weighted by Gasteiger charge is -2.31. The van der Waals surface area contributed by atoms with Gasteiger partial charge in [0.1, 0.15) is 5.60 Å². The first-order chi connectivity index (χ1) is 6.62. The first-order valence-electron chi connectivity index (χ1n) is 4.48. The summed E-state index contributed by atoms with van der Waals surface area (Å²) in [5.41, 5.74) is 1.04. The molecule has 1 N–H and O–H groups in total. The molecule has 0 saturated heterocycles. The Hall–Kier alpha value is -1.58. The first-order valence-corrected chi connectivity index (χ1v) is 4.48. The van der Waals surface area contributed by atoms with Crippen LogP contribution in [0.2, 0.25) is 0 Å². The molecule has 0 spiro atoms. The molecule has 4 heteroatoms. The Labute approximate surface area is 82.2 Å².